The Balaban J connectivity index is 1.67. The maximum absolute atomic E-state index is 15.0. The predicted molar refractivity (Wildman–Crippen MR) is 132 cm³/mol. The first kappa shape index (κ1) is 21.7. The normalized spacial score (nSPS) is 15.0. The van der Waals surface area contributed by atoms with E-state index in [1.807, 2.05) is 25.1 Å². The van der Waals surface area contributed by atoms with Crippen molar-refractivity contribution in [3.8, 4) is 11.3 Å². The molecule has 2 N–H and O–H groups in total. The van der Waals surface area contributed by atoms with E-state index in [2.05, 4.69) is 22.1 Å². The molecule has 3 aromatic heterocycles. The standard InChI is InChI=1S/C26H26FN4OP/c1-15-22(23(17-9-10-17)16-7-5-4-6-8-16)24(28)26-20(30-15)13-19(27)25(31-26)18-11-12-21(29-14-18)33(2,3)32/h4-8,11-14,17,23H,9-10H2,1-3H3,(H2,28,30)/t23-/m1/s1. The lowest BCUT2D eigenvalue weighted by atomic mass is 9.85. The van der Waals surface area contributed by atoms with Crippen LogP contribution in [0.5, 0.6) is 0 Å². The van der Waals surface area contributed by atoms with E-state index in [9.17, 15) is 4.57 Å². The Morgan fingerprint density at radius 2 is 1.82 bits per heavy atom. The van der Waals surface area contributed by atoms with E-state index in [0.29, 0.717) is 33.6 Å². The van der Waals surface area contributed by atoms with Crippen molar-refractivity contribution in [2.75, 3.05) is 19.1 Å². The van der Waals surface area contributed by atoms with Gasteiger partial charge in [-0.3, -0.25) is 9.97 Å². The van der Waals surface area contributed by atoms with Crippen molar-refractivity contribution >= 4 is 29.3 Å². The summed E-state index contributed by atoms with van der Waals surface area (Å²) in [6.07, 6.45) is 3.81. The summed E-state index contributed by atoms with van der Waals surface area (Å²) in [5, 5.41) is 0. The zero-order chi connectivity index (χ0) is 23.3. The number of nitrogen functional groups attached to an aromatic ring is 1. The van der Waals surface area contributed by atoms with Gasteiger partial charge in [-0.25, -0.2) is 9.37 Å². The number of rotatable bonds is 5. The van der Waals surface area contributed by atoms with Gasteiger partial charge in [0.25, 0.3) is 0 Å². The van der Waals surface area contributed by atoms with Crippen LogP contribution in [0.2, 0.25) is 0 Å². The van der Waals surface area contributed by atoms with Crippen molar-refractivity contribution in [1.29, 1.82) is 0 Å². The van der Waals surface area contributed by atoms with Crippen molar-refractivity contribution in [2.24, 2.45) is 5.92 Å². The first-order chi connectivity index (χ1) is 15.7. The fourth-order valence-corrected chi connectivity index (χ4v) is 5.30. The quantitative estimate of drug-likeness (QED) is 0.397. The molecule has 0 radical (unpaired) electrons. The number of benzene rings is 1. The number of hydrogen-bond acceptors (Lipinski definition) is 5. The lowest BCUT2D eigenvalue weighted by Crippen LogP contribution is -2.12. The number of nitrogens with two attached hydrogens (primary N) is 1. The number of anilines is 1. The Hall–Kier alpha value is -3.11. The van der Waals surface area contributed by atoms with Gasteiger partial charge in [0.1, 0.15) is 18.4 Å². The van der Waals surface area contributed by atoms with Crippen LogP contribution in [0.3, 0.4) is 0 Å². The number of aromatic nitrogens is 3. The lowest BCUT2D eigenvalue weighted by Gasteiger charge is -2.22. The molecule has 0 unspecified atom stereocenters. The fourth-order valence-electron chi connectivity index (χ4n) is 4.53. The molecule has 0 spiro atoms. The lowest BCUT2D eigenvalue weighted by molar-refractivity contribution is 0.588. The second-order valence-corrected chi connectivity index (χ2v) is 12.4. The number of hydrogen-bond donors (Lipinski definition) is 1. The fraction of sp³-hybridized carbons (Fsp3) is 0.269. The Bertz CT molecular complexity index is 1400. The monoisotopic (exact) mass is 460 g/mol. The van der Waals surface area contributed by atoms with Crippen LogP contribution in [0.25, 0.3) is 22.3 Å². The minimum Gasteiger partial charge on any atom is -0.397 e. The molecule has 1 aromatic carbocycles. The van der Waals surface area contributed by atoms with Gasteiger partial charge in [-0.1, -0.05) is 30.3 Å². The number of halogens is 1. The molecule has 33 heavy (non-hydrogen) atoms. The maximum Gasteiger partial charge on any atom is 0.151 e. The first-order valence-corrected chi connectivity index (χ1v) is 13.7. The zero-order valence-electron chi connectivity index (χ0n) is 18.9. The van der Waals surface area contributed by atoms with Crippen LogP contribution in [0, 0.1) is 18.7 Å². The minimum atomic E-state index is -2.50. The summed E-state index contributed by atoms with van der Waals surface area (Å²) in [6, 6.07) is 15.1. The molecule has 5 rings (SSSR count). The molecule has 1 aliphatic carbocycles. The van der Waals surface area contributed by atoms with Gasteiger partial charge in [0.05, 0.1) is 16.6 Å². The average molecular weight is 460 g/mol. The Morgan fingerprint density at radius 1 is 1.09 bits per heavy atom. The predicted octanol–water partition coefficient (Wildman–Crippen LogP) is 5.51. The van der Waals surface area contributed by atoms with E-state index in [0.717, 1.165) is 24.1 Å². The van der Waals surface area contributed by atoms with E-state index >= 15 is 4.39 Å². The maximum atomic E-state index is 15.0. The highest BCUT2D eigenvalue weighted by molar-refractivity contribution is 7.69. The van der Waals surface area contributed by atoms with Gasteiger partial charge >= 0.3 is 0 Å². The van der Waals surface area contributed by atoms with E-state index in [1.165, 1.54) is 17.8 Å². The zero-order valence-corrected chi connectivity index (χ0v) is 19.8. The molecular formula is C26H26FN4OP. The van der Waals surface area contributed by atoms with Gasteiger partial charge in [0, 0.05) is 35.0 Å². The molecule has 0 bridgehead atoms. The second kappa shape index (κ2) is 8.03. The highest BCUT2D eigenvalue weighted by Crippen LogP contribution is 2.49. The largest absolute Gasteiger partial charge is 0.397 e. The molecular weight excluding hydrogens is 434 g/mol. The molecule has 3 heterocycles. The molecule has 0 saturated heterocycles. The van der Waals surface area contributed by atoms with Crippen LogP contribution < -0.4 is 11.2 Å². The van der Waals surface area contributed by atoms with Crippen LogP contribution in [-0.4, -0.2) is 28.3 Å². The molecule has 0 aliphatic heterocycles. The summed E-state index contributed by atoms with van der Waals surface area (Å²) < 4.78 is 27.3. The molecule has 4 aromatic rings. The highest BCUT2D eigenvalue weighted by Gasteiger charge is 2.36. The number of aryl methyl sites for hydroxylation is 1. The van der Waals surface area contributed by atoms with Crippen LogP contribution >= 0.6 is 7.14 Å². The van der Waals surface area contributed by atoms with Gasteiger partial charge in [0.15, 0.2) is 5.82 Å². The van der Waals surface area contributed by atoms with Gasteiger partial charge in [0.2, 0.25) is 0 Å². The van der Waals surface area contributed by atoms with Gasteiger partial charge in [-0.05, 0) is 56.7 Å². The van der Waals surface area contributed by atoms with Crippen LogP contribution in [-0.2, 0) is 4.57 Å². The first-order valence-electron chi connectivity index (χ1n) is 11.1. The topological polar surface area (TPSA) is 81.8 Å². The molecule has 1 fully saturated rings. The number of fused-ring (bicyclic) bond motifs is 1. The summed E-state index contributed by atoms with van der Waals surface area (Å²) in [6.45, 7) is 5.25. The van der Waals surface area contributed by atoms with Gasteiger partial charge in [-0.2, -0.15) is 0 Å². The second-order valence-electron chi connectivity index (χ2n) is 9.19. The third-order valence-corrected chi connectivity index (χ3v) is 7.68. The Labute approximate surface area is 192 Å². The van der Waals surface area contributed by atoms with Crippen molar-refractivity contribution in [1.82, 2.24) is 15.0 Å². The van der Waals surface area contributed by atoms with Crippen LogP contribution in [0.15, 0.2) is 54.7 Å². The molecule has 1 aliphatic rings. The third-order valence-electron chi connectivity index (χ3n) is 6.32. The SMILES string of the molecule is Cc1nc2cc(F)c(-c3ccc(P(C)(C)=O)nc3)nc2c(N)c1[C@H](c1ccccc1)C1CC1. The van der Waals surface area contributed by atoms with Crippen LogP contribution in [0.1, 0.15) is 35.6 Å². The molecule has 1 saturated carbocycles. The molecule has 1 atom stereocenters. The van der Waals surface area contributed by atoms with E-state index in [-0.39, 0.29) is 11.6 Å². The van der Waals surface area contributed by atoms with Crippen molar-refractivity contribution in [3.63, 3.8) is 0 Å². The smallest absolute Gasteiger partial charge is 0.151 e. The third kappa shape index (κ3) is 4.04. The van der Waals surface area contributed by atoms with Crippen molar-refractivity contribution in [3.05, 3.63) is 77.4 Å². The number of pyridine rings is 3. The average Bonchev–Trinajstić information content (AvgIpc) is 3.61. The molecule has 7 heteroatoms. The van der Waals surface area contributed by atoms with Crippen LogP contribution in [0.4, 0.5) is 10.1 Å². The minimum absolute atomic E-state index is 0.141. The van der Waals surface area contributed by atoms with Crippen molar-refractivity contribution in [2.45, 2.75) is 25.7 Å². The number of nitrogens with zero attached hydrogens (tertiary/aromatic N) is 3. The summed E-state index contributed by atoms with van der Waals surface area (Å²) in [4.78, 5) is 13.6. The van der Waals surface area contributed by atoms with Gasteiger partial charge < -0.3 is 10.3 Å². The highest BCUT2D eigenvalue weighted by atomic mass is 31.2. The van der Waals surface area contributed by atoms with E-state index < -0.39 is 13.0 Å². The van der Waals surface area contributed by atoms with Gasteiger partial charge in [-0.15, -0.1) is 0 Å². The summed E-state index contributed by atoms with van der Waals surface area (Å²) in [7, 11) is -2.50. The summed E-state index contributed by atoms with van der Waals surface area (Å²) in [5.74, 6) is 0.166. The Kier molecular flexibility index (Phi) is 5.29. The molecule has 0 amide bonds. The molecule has 5 nitrogen and oxygen atoms in total. The summed E-state index contributed by atoms with van der Waals surface area (Å²) >= 11 is 0. The summed E-state index contributed by atoms with van der Waals surface area (Å²) in [5.41, 5.74) is 12.4. The van der Waals surface area contributed by atoms with Crippen molar-refractivity contribution < 1.29 is 8.96 Å². The van der Waals surface area contributed by atoms with E-state index in [4.69, 9.17) is 10.7 Å². The van der Waals surface area contributed by atoms with E-state index in [1.54, 1.807) is 25.5 Å². The molecule has 168 valence electrons. The Morgan fingerprint density at radius 3 is 2.42 bits per heavy atom.